The Labute approximate surface area is 200 Å². The molecular weight excluding hydrogens is 440 g/mol. The van der Waals surface area contributed by atoms with Crippen LogP contribution in [0.3, 0.4) is 0 Å². The second-order valence-corrected chi connectivity index (χ2v) is 9.37. The molecule has 0 N–H and O–H groups in total. The van der Waals surface area contributed by atoms with E-state index >= 15 is 0 Å². The van der Waals surface area contributed by atoms with Crippen LogP contribution in [0.5, 0.6) is 0 Å². The zero-order valence-electron chi connectivity index (χ0n) is 20.5. The van der Waals surface area contributed by atoms with E-state index in [0.29, 0.717) is 24.8 Å². The molecule has 34 heavy (non-hydrogen) atoms. The molecule has 0 spiro atoms. The molecule has 0 amide bonds. The van der Waals surface area contributed by atoms with E-state index < -0.39 is 42.3 Å². The van der Waals surface area contributed by atoms with Gasteiger partial charge in [0.1, 0.15) is 6.10 Å². The standard InChI is InChI=1S/C26H34O8/c1-13(2)10-21(31-16(5)27)25(32-17(6)28)20-12-30-26(33-18(7)29)23-15(4)11-22-24(34-22)14(3)8-9-19(20)23/h10,12,19,21-26H,3-4,8-9,11H2,1-2,5-7H3. The summed E-state index contributed by atoms with van der Waals surface area (Å²) in [6.45, 7) is 16.1. The molecule has 8 heteroatoms. The summed E-state index contributed by atoms with van der Waals surface area (Å²) in [6.07, 6.45) is 2.39. The Kier molecular flexibility index (Phi) is 8.02. The summed E-state index contributed by atoms with van der Waals surface area (Å²) in [4.78, 5) is 35.8. The first kappa shape index (κ1) is 25.7. The summed E-state index contributed by atoms with van der Waals surface area (Å²) in [5.74, 6) is -2.16. The van der Waals surface area contributed by atoms with Gasteiger partial charge >= 0.3 is 17.9 Å². The highest BCUT2D eigenvalue weighted by Crippen LogP contribution is 2.47. The molecule has 0 aromatic carbocycles. The molecule has 2 fully saturated rings. The maximum absolute atomic E-state index is 12.1. The Hall–Kier alpha value is -2.87. The minimum absolute atomic E-state index is 0.00480. The predicted octanol–water partition coefficient (Wildman–Crippen LogP) is 3.92. The summed E-state index contributed by atoms with van der Waals surface area (Å²) in [5.41, 5.74) is 3.33. The van der Waals surface area contributed by atoms with Gasteiger partial charge in [-0.2, -0.15) is 0 Å². The smallest absolute Gasteiger partial charge is 0.305 e. The fourth-order valence-corrected chi connectivity index (χ4v) is 4.82. The van der Waals surface area contributed by atoms with Crippen molar-refractivity contribution >= 4 is 17.9 Å². The third-order valence-electron chi connectivity index (χ3n) is 6.19. The number of allylic oxidation sites excluding steroid dienone is 1. The molecule has 2 heterocycles. The van der Waals surface area contributed by atoms with Crippen molar-refractivity contribution in [2.45, 2.75) is 84.6 Å². The molecule has 3 aliphatic rings. The van der Waals surface area contributed by atoms with Crippen LogP contribution in [-0.2, 0) is 38.1 Å². The normalized spacial score (nSPS) is 29.8. The van der Waals surface area contributed by atoms with Crippen LogP contribution in [0.1, 0.15) is 53.9 Å². The quantitative estimate of drug-likeness (QED) is 0.247. The van der Waals surface area contributed by atoms with E-state index in [4.69, 9.17) is 23.7 Å². The van der Waals surface area contributed by atoms with E-state index in [0.717, 1.165) is 16.7 Å². The first-order chi connectivity index (χ1) is 16.0. The minimum atomic E-state index is -0.922. The largest absolute Gasteiger partial charge is 0.462 e. The van der Waals surface area contributed by atoms with Crippen LogP contribution in [0, 0.1) is 11.8 Å². The third kappa shape index (κ3) is 6.17. The molecule has 3 rings (SSSR count). The average molecular weight is 475 g/mol. The zero-order chi connectivity index (χ0) is 25.2. The van der Waals surface area contributed by atoms with E-state index in [1.165, 1.54) is 27.0 Å². The molecule has 2 aliphatic heterocycles. The SMILES string of the molecule is C=C1CCC2C(C(OC(C)=O)C(C=C(C)C)OC(C)=O)=COC(OC(C)=O)C2C(=C)CC2OC12. The monoisotopic (exact) mass is 474 g/mol. The number of hydrogen-bond acceptors (Lipinski definition) is 8. The Bertz CT molecular complexity index is 925. The number of carbonyl (C=O) groups excluding carboxylic acids is 3. The highest BCUT2D eigenvalue weighted by atomic mass is 16.7. The number of hydrogen-bond donors (Lipinski definition) is 0. The molecule has 0 aromatic rings. The molecular formula is C26H34O8. The van der Waals surface area contributed by atoms with E-state index in [1.807, 2.05) is 13.8 Å². The fourth-order valence-electron chi connectivity index (χ4n) is 4.82. The second-order valence-electron chi connectivity index (χ2n) is 9.37. The molecule has 0 bridgehead atoms. The zero-order valence-corrected chi connectivity index (χ0v) is 20.5. The first-order valence-corrected chi connectivity index (χ1v) is 11.5. The van der Waals surface area contributed by atoms with Gasteiger partial charge in [0.25, 0.3) is 0 Å². The van der Waals surface area contributed by atoms with Gasteiger partial charge in [-0.1, -0.05) is 24.3 Å². The van der Waals surface area contributed by atoms with E-state index in [-0.39, 0.29) is 18.1 Å². The predicted molar refractivity (Wildman–Crippen MR) is 123 cm³/mol. The molecule has 7 atom stereocenters. The summed E-state index contributed by atoms with van der Waals surface area (Å²) >= 11 is 0. The summed E-state index contributed by atoms with van der Waals surface area (Å²) in [6, 6.07) is 0. The molecule has 0 aromatic heterocycles. The van der Waals surface area contributed by atoms with Crippen LogP contribution in [0.4, 0.5) is 0 Å². The van der Waals surface area contributed by atoms with Crippen molar-refractivity contribution in [3.05, 3.63) is 47.8 Å². The van der Waals surface area contributed by atoms with E-state index in [2.05, 4.69) is 13.2 Å². The molecule has 8 nitrogen and oxygen atoms in total. The van der Waals surface area contributed by atoms with Crippen molar-refractivity contribution < 1.29 is 38.1 Å². The lowest BCUT2D eigenvalue weighted by molar-refractivity contribution is -0.182. The Morgan fingerprint density at radius 2 is 1.71 bits per heavy atom. The van der Waals surface area contributed by atoms with E-state index in [1.54, 1.807) is 6.08 Å². The minimum Gasteiger partial charge on any atom is -0.462 e. The highest BCUT2D eigenvalue weighted by molar-refractivity contribution is 5.68. The van der Waals surface area contributed by atoms with Crippen molar-refractivity contribution in [1.82, 2.24) is 0 Å². The van der Waals surface area contributed by atoms with Crippen LogP contribution in [0.2, 0.25) is 0 Å². The van der Waals surface area contributed by atoms with Crippen LogP contribution < -0.4 is 0 Å². The molecule has 1 saturated carbocycles. The molecule has 7 unspecified atom stereocenters. The van der Waals surface area contributed by atoms with Crippen molar-refractivity contribution in [1.29, 1.82) is 0 Å². The highest BCUT2D eigenvalue weighted by Gasteiger charge is 2.49. The third-order valence-corrected chi connectivity index (χ3v) is 6.19. The van der Waals surface area contributed by atoms with Gasteiger partial charge in [0.15, 0.2) is 12.2 Å². The van der Waals surface area contributed by atoms with E-state index in [9.17, 15) is 14.4 Å². The fraction of sp³-hybridized carbons (Fsp3) is 0.577. The maximum atomic E-state index is 12.1. The lowest BCUT2D eigenvalue weighted by Gasteiger charge is -2.41. The van der Waals surface area contributed by atoms with Crippen LogP contribution in [-0.4, -0.2) is 48.6 Å². The lowest BCUT2D eigenvalue weighted by atomic mass is 9.74. The second kappa shape index (κ2) is 10.6. The number of epoxide rings is 1. The van der Waals surface area contributed by atoms with Crippen molar-refractivity contribution in [3.8, 4) is 0 Å². The van der Waals surface area contributed by atoms with Gasteiger partial charge in [-0.25, -0.2) is 0 Å². The number of fused-ring (bicyclic) bond motifs is 2. The maximum Gasteiger partial charge on any atom is 0.305 e. The lowest BCUT2D eigenvalue weighted by Crippen LogP contribution is -2.45. The van der Waals surface area contributed by atoms with Crippen LogP contribution in [0.15, 0.2) is 47.8 Å². The topological polar surface area (TPSA) is 101 Å². The Balaban J connectivity index is 2.06. The molecule has 1 saturated heterocycles. The summed E-state index contributed by atoms with van der Waals surface area (Å²) in [5, 5.41) is 0. The Morgan fingerprint density at radius 1 is 1.03 bits per heavy atom. The summed E-state index contributed by atoms with van der Waals surface area (Å²) < 4.78 is 28.5. The first-order valence-electron chi connectivity index (χ1n) is 11.5. The van der Waals surface area contributed by atoms with Gasteiger partial charge in [-0.05, 0) is 44.8 Å². The van der Waals surface area contributed by atoms with Crippen molar-refractivity contribution in [2.24, 2.45) is 11.8 Å². The average Bonchev–Trinajstić information content (AvgIpc) is 3.46. The number of esters is 3. The van der Waals surface area contributed by atoms with Gasteiger partial charge < -0.3 is 23.7 Å². The van der Waals surface area contributed by atoms with Crippen LogP contribution >= 0.6 is 0 Å². The van der Waals surface area contributed by atoms with Gasteiger partial charge in [0.05, 0.1) is 18.3 Å². The number of ether oxygens (including phenoxy) is 5. The molecule has 1 aliphatic carbocycles. The van der Waals surface area contributed by atoms with Gasteiger partial charge in [-0.15, -0.1) is 0 Å². The van der Waals surface area contributed by atoms with Gasteiger partial charge in [0, 0.05) is 32.3 Å². The number of carbonyl (C=O) groups is 3. The molecule has 186 valence electrons. The number of rotatable bonds is 6. The van der Waals surface area contributed by atoms with Crippen molar-refractivity contribution in [3.63, 3.8) is 0 Å². The van der Waals surface area contributed by atoms with Gasteiger partial charge in [-0.3, -0.25) is 14.4 Å². The van der Waals surface area contributed by atoms with Gasteiger partial charge in [0.2, 0.25) is 6.29 Å². The summed E-state index contributed by atoms with van der Waals surface area (Å²) in [7, 11) is 0. The van der Waals surface area contributed by atoms with Crippen LogP contribution in [0.25, 0.3) is 0 Å². The molecule has 0 radical (unpaired) electrons. The van der Waals surface area contributed by atoms with Crippen molar-refractivity contribution in [2.75, 3.05) is 0 Å². The Morgan fingerprint density at radius 3 is 2.29 bits per heavy atom.